The number of alkyl halides is 2. The summed E-state index contributed by atoms with van der Waals surface area (Å²) in [6, 6.07) is -0.564. The van der Waals surface area contributed by atoms with Crippen LogP contribution in [0.25, 0.3) is 0 Å². The molecule has 1 rings (SSSR count). The minimum absolute atomic E-state index is 0. The lowest BCUT2D eigenvalue weighted by Crippen LogP contribution is -2.56. The van der Waals surface area contributed by atoms with Gasteiger partial charge in [0.25, 0.3) is 5.92 Å². The van der Waals surface area contributed by atoms with E-state index in [2.05, 4.69) is 0 Å². The largest absolute Gasteiger partial charge is 0.340 e. The van der Waals surface area contributed by atoms with Gasteiger partial charge in [-0.05, 0) is 6.42 Å². The molecular formula is C11H21ClF2N2O. The van der Waals surface area contributed by atoms with E-state index in [1.165, 1.54) is 18.7 Å². The number of carbonyl (C=O) groups is 1. The maximum absolute atomic E-state index is 13.5. The normalized spacial score (nSPS) is 29.4. The lowest BCUT2D eigenvalue weighted by molar-refractivity contribution is -0.159. The fourth-order valence-electron chi connectivity index (χ4n) is 2.05. The van der Waals surface area contributed by atoms with Crippen LogP contribution in [0.3, 0.4) is 0 Å². The highest BCUT2D eigenvalue weighted by molar-refractivity contribution is 5.85. The van der Waals surface area contributed by atoms with Crippen molar-refractivity contribution in [2.45, 2.75) is 39.2 Å². The van der Waals surface area contributed by atoms with Gasteiger partial charge in [0.05, 0.1) is 6.04 Å². The van der Waals surface area contributed by atoms with E-state index in [9.17, 15) is 13.6 Å². The van der Waals surface area contributed by atoms with Gasteiger partial charge in [-0.2, -0.15) is 0 Å². The van der Waals surface area contributed by atoms with Crippen molar-refractivity contribution in [3.63, 3.8) is 0 Å². The molecule has 1 aliphatic heterocycles. The average Bonchev–Trinajstić information content (AvgIpc) is 2.23. The van der Waals surface area contributed by atoms with Crippen LogP contribution in [0.15, 0.2) is 0 Å². The molecule has 0 aromatic carbocycles. The Bertz CT molecular complexity index is 262. The van der Waals surface area contributed by atoms with E-state index in [4.69, 9.17) is 5.73 Å². The van der Waals surface area contributed by atoms with E-state index in [0.717, 1.165) is 0 Å². The lowest BCUT2D eigenvalue weighted by atomic mass is 9.87. The van der Waals surface area contributed by atoms with Crippen molar-refractivity contribution in [3.05, 3.63) is 0 Å². The number of carbonyl (C=O) groups excluding carboxylic acids is 1. The number of halogens is 3. The van der Waals surface area contributed by atoms with Crippen molar-refractivity contribution in [1.82, 2.24) is 4.90 Å². The van der Waals surface area contributed by atoms with Gasteiger partial charge in [0.2, 0.25) is 5.91 Å². The molecule has 6 heteroatoms. The average molecular weight is 271 g/mol. The zero-order valence-corrected chi connectivity index (χ0v) is 11.3. The molecule has 1 aliphatic rings. The van der Waals surface area contributed by atoms with Gasteiger partial charge < -0.3 is 10.6 Å². The lowest BCUT2D eigenvalue weighted by Gasteiger charge is -2.41. The summed E-state index contributed by atoms with van der Waals surface area (Å²) in [6.07, 6.45) is 0.536. The molecule has 1 heterocycles. The molecule has 0 unspecified atom stereocenters. The predicted octanol–water partition coefficient (Wildman–Crippen LogP) is 1.90. The zero-order chi connectivity index (χ0) is 12.5. The van der Waals surface area contributed by atoms with Crippen LogP contribution >= 0.6 is 12.4 Å². The number of piperidine rings is 1. The third kappa shape index (κ3) is 3.28. The maximum atomic E-state index is 13.5. The van der Waals surface area contributed by atoms with Crippen LogP contribution < -0.4 is 5.73 Å². The minimum Gasteiger partial charge on any atom is -0.340 e. The Hall–Kier alpha value is -0.420. The fraction of sp³-hybridized carbons (Fsp3) is 0.909. The van der Waals surface area contributed by atoms with E-state index >= 15 is 0 Å². The van der Waals surface area contributed by atoms with E-state index < -0.39 is 23.8 Å². The summed E-state index contributed by atoms with van der Waals surface area (Å²) in [7, 11) is 0. The standard InChI is InChI=1S/C11H20F2N2O.ClH/c1-4-9(14)10(16)15-5-7(2)11(12,13)8(3)6-15;/h7-9H,4-6,14H2,1-3H3;1H/t7-,8+,9-;/m0./s1. The Morgan fingerprint density at radius 3 is 2.18 bits per heavy atom. The minimum atomic E-state index is -2.69. The van der Waals surface area contributed by atoms with Crippen molar-refractivity contribution in [1.29, 1.82) is 0 Å². The van der Waals surface area contributed by atoms with Crippen molar-refractivity contribution in [2.24, 2.45) is 17.6 Å². The molecule has 0 saturated carbocycles. The molecule has 0 radical (unpaired) electrons. The highest BCUT2D eigenvalue weighted by atomic mass is 35.5. The summed E-state index contributed by atoms with van der Waals surface area (Å²) in [5.74, 6) is -4.50. The predicted molar refractivity (Wildman–Crippen MR) is 65.4 cm³/mol. The van der Waals surface area contributed by atoms with Gasteiger partial charge >= 0.3 is 0 Å². The summed E-state index contributed by atoms with van der Waals surface area (Å²) in [5.41, 5.74) is 5.63. The molecule has 2 N–H and O–H groups in total. The highest BCUT2D eigenvalue weighted by Gasteiger charge is 2.48. The van der Waals surface area contributed by atoms with E-state index in [-0.39, 0.29) is 31.4 Å². The monoisotopic (exact) mass is 270 g/mol. The van der Waals surface area contributed by atoms with Crippen LogP contribution in [-0.2, 0) is 4.79 Å². The number of amides is 1. The van der Waals surface area contributed by atoms with Gasteiger partial charge in [0.1, 0.15) is 0 Å². The van der Waals surface area contributed by atoms with Crippen molar-refractivity contribution in [3.8, 4) is 0 Å². The molecule has 0 aromatic heterocycles. The van der Waals surface area contributed by atoms with E-state index in [1.807, 2.05) is 6.92 Å². The fourth-order valence-corrected chi connectivity index (χ4v) is 2.05. The number of likely N-dealkylation sites (tertiary alicyclic amines) is 1. The second kappa shape index (κ2) is 5.96. The van der Waals surface area contributed by atoms with Gasteiger partial charge in [-0.25, -0.2) is 8.78 Å². The topological polar surface area (TPSA) is 46.3 Å². The van der Waals surface area contributed by atoms with Crippen LogP contribution in [0.1, 0.15) is 27.2 Å². The van der Waals surface area contributed by atoms with Gasteiger partial charge in [0.15, 0.2) is 0 Å². The first-order valence-corrected chi connectivity index (χ1v) is 5.72. The Morgan fingerprint density at radius 1 is 1.41 bits per heavy atom. The molecular weight excluding hydrogens is 250 g/mol. The van der Waals surface area contributed by atoms with E-state index in [0.29, 0.717) is 6.42 Å². The summed E-state index contributed by atoms with van der Waals surface area (Å²) < 4.78 is 27.1. The number of hydrogen-bond donors (Lipinski definition) is 1. The second-order valence-electron chi connectivity index (χ2n) is 4.73. The molecule has 3 atom stereocenters. The Balaban J connectivity index is 0.00000256. The SMILES string of the molecule is CC[C@H](N)C(=O)N1C[C@@H](C)C(F)(F)[C@@H](C)C1.Cl. The number of nitrogens with two attached hydrogens (primary N) is 1. The summed E-state index contributed by atoms with van der Waals surface area (Å²) in [6.45, 7) is 4.97. The molecule has 3 nitrogen and oxygen atoms in total. The Morgan fingerprint density at radius 2 is 1.82 bits per heavy atom. The van der Waals surface area contributed by atoms with E-state index in [1.54, 1.807) is 0 Å². The third-order valence-electron chi connectivity index (χ3n) is 3.37. The van der Waals surface area contributed by atoms with Gasteiger partial charge in [-0.15, -0.1) is 12.4 Å². The van der Waals surface area contributed by atoms with Crippen LogP contribution in [0, 0.1) is 11.8 Å². The molecule has 0 bridgehead atoms. The zero-order valence-electron chi connectivity index (χ0n) is 10.5. The number of rotatable bonds is 2. The number of nitrogens with zero attached hydrogens (tertiary/aromatic N) is 1. The van der Waals surface area contributed by atoms with Crippen LogP contribution in [0.2, 0.25) is 0 Å². The molecule has 0 aromatic rings. The molecule has 0 spiro atoms. The van der Waals surface area contributed by atoms with Crippen molar-refractivity contribution < 1.29 is 13.6 Å². The third-order valence-corrected chi connectivity index (χ3v) is 3.37. The van der Waals surface area contributed by atoms with Gasteiger partial charge in [-0.1, -0.05) is 20.8 Å². The van der Waals surface area contributed by atoms with Crippen LogP contribution in [-0.4, -0.2) is 35.9 Å². The van der Waals surface area contributed by atoms with Crippen LogP contribution in [0.4, 0.5) is 8.78 Å². The molecule has 17 heavy (non-hydrogen) atoms. The molecule has 102 valence electrons. The van der Waals surface area contributed by atoms with Gasteiger partial charge in [-0.3, -0.25) is 4.79 Å². The first-order valence-electron chi connectivity index (χ1n) is 5.72. The maximum Gasteiger partial charge on any atom is 0.256 e. The molecule has 1 amide bonds. The van der Waals surface area contributed by atoms with Crippen LogP contribution in [0.5, 0.6) is 0 Å². The highest BCUT2D eigenvalue weighted by Crippen LogP contribution is 2.37. The Labute approximate surface area is 107 Å². The summed E-state index contributed by atoms with van der Waals surface area (Å²) in [4.78, 5) is 13.3. The Kier molecular flexibility index (Phi) is 5.81. The summed E-state index contributed by atoms with van der Waals surface area (Å²) >= 11 is 0. The molecule has 1 fully saturated rings. The van der Waals surface area contributed by atoms with Gasteiger partial charge in [0, 0.05) is 24.9 Å². The second-order valence-corrected chi connectivity index (χ2v) is 4.73. The number of hydrogen-bond acceptors (Lipinski definition) is 2. The smallest absolute Gasteiger partial charge is 0.256 e. The first kappa shape index (κ1) is 16.6. The molecule has 1 saturated heterocycles. The van der Waals surface area contributed by atoms with Crippen molar-refractivity contribution >= 4 is 18.3 Å². The summed E-state index contributed by atoms with van der Waals surface area (Å²) in [5, 5.41) is 0. The first-order chi connectivity index (χ1) is 7.30. The molecule has 0 aliphatic carbocycles. The van der Waals surface area contributed by atoms with Crippen molar-refractivity contribution in [2.75, 3.05) is 13.1 Å². The quantitative estimate of drug-likeness (QED) is 0.833.